The lowest BCUT2D eigenvalue weighted by Gasteiger charge is -2.33. The van der Waals surface area contributed by atoms with Gasteiger partial charge >= 0.3 is 12.0 Å². The van der Waals surface area contributed by atoms with E-state index in [1.165, 1.54) is 11.9 Å². The van der Waals surface area contributed by atoms with Crippen LogP contribution in [0, 0.1) is 5.92 Å². The Morgan fingerprint density at radius 3 is 2.50 bits per heavy atom. The maximum Gasteiger partial charge on any atom is 0.392 e. The van der Waals surface area contributed by atoms with Crippen LogP contribution < -0.4 is 5.73 Å². The van der Waals surface area contributed by atoms with Gasteiger partial charge in [0, 0.05) is 27.1 Å². The molecule has 3 heterocycles. The van der Waals surface area contributed by atoms with Crippen molar-refractivity contribution in [2.75, 3.05) is 47.4 Å². The third kappa shape index (κ3) is 2.94. The maximum absolute atomic E-state index is 12.7. The number of nitrogens with two attached hydrogens (primary N) is 1. The normalized spacial score (nSPS) is 26.4. The van der Waals surface area contributed by atoms with Gasteiger partial charge in [-0.05, 0) is 12.8 Å². The van der Waals surface area contributed by atoms with Crippen LogP contribution in [0.25, 0.3) is 0 Å². The van der Waals surface area contributed by atoms with Gasteiger partial charge in [-0.15, -0.1) is 0 Å². The van der Waals surface area contributed by atoms with Crippen molar-refractivity contribution in [1.29, 1.82) is 0 Å². The molecule has 0 spiro atoms. The van der Waals surface area contributed by atoms with Gasteiger partial charge in [0.15, 0.2) is 0 Å². The van der Waals surface area contributed by atoms with Crippen molar-refractivity contribution in [3.63, 3.8) is 0 Å². The average molecular weight is 365 g/mol. The van der Waals surface area contributed by atoms with E-state index < -0.39 is 12.1 Å². The van der Waals surface area contributed by atoms with Crippen molar-refractivity contribution in [3.8, 4) is 0 Å². The number of imide groups is 1. The van der Waals surface area contributed by atoms with Crippen LogP contribution in [0.5, 0.6) is 0 Å². The van der Waals surface area contributed by atoms with Gasteiger partial charge in [-0.3, -0.25) is 24.0 Å². The molecule has 10 heteroatoms. The Morgan fingerprint density at radius 1 is 1.27 bits per heavy atom. The number of ether oxygens (including phenoxy) is 1. The number of hydrogen-bond acceptors (Lipinski definition) is 4. The summed E-state index contributed by atoms with van der Waals surface area (Å²) in [5.74, 6) is 0.367. The summed E-state index contributed by atoms with van der Waals surface area (Å²) in [5.41, 5.74) is 5.41. The second-order valence-electron chi connectivity index (χ2n) is 6.76. The zero-order valence-electron chi connectivity index (χ0n) is 15.3. The molecule has 0 bridgehead atoms. The van der Waals surface area contributed by atoms with Crippen LogP contribution in [0.15, 0.2) is 4.99 Å². The van der Waals surface area contributed by atoms with E-state index in [2.05, 4.69) is 4.99 Å². The van der Waals surface area contributed by atoms with Crippen LogP contribution in [-0.4, -0.2) is 102 Å². The molecule has 0 saturated carbocycles. The predicted molar refractivity (Wildman–Crippen MR) is 92.7 cm³/mol. The minimum absolute atomic E-state index is 0.132. The van der Waals surface area contributed by atoms with Crippen molar-refractivity contribution < 1.29 is 23.7 Å². The number of methoxy groups -OCH3 is 1. The van der Waals surface area contributed by atoms with E-state index in [9.17, 15) is 14.4 Å². The van der Waals surface area contributed by atoms with Gasteiger partial charge in [0.05, 0.1) is 26.2 Å². The Labute approximate surface area is 151 Å². The number of nitrogens with zero attached hydrogens (tertiary/aromatic N) is 5. The van der Waals surface area contributed by atoms with Gasteiger partial charge in [-0.2, -0.15) is 0 Å². The molecule has 3 rings (SSSR count). The number of carbonyl (C=O) groups is 3. The Kier molecular flexibility index (Phi) is 4.94. The molecular weight excluding hydrogens is 340 g/mol. The quantitative estimate of drug-likeness (QED) is 0.610. The first kappa shape index (κ1) is 18.3. The maximum atomic E-state index is 12.7. The summed E-state index contributed by atoms with van der Waals surface area (Å²) in [5, 5.41) is 0. The number of urea groups is 1. The Hall–Kier alpha value is -2.49. The van der Waals surface area contributed by atoms with E-state index in [0.717, 1.165) is 4.90 Å². The molecule has 26 heavy (non-hydrogen) atoms. The molecule has 0 aromatic carbocycles. The van der Waals surface area contributed by atoms with Crippen LogP contribution in [0.4, 0.5) is 4.79 Å². The predicted octanol–water partition coefficient (Wildman–Crippen LogP) is -1.50. The van der Waals surface area contributed by atoms with E-state index >= 15 is 0 Å². The number of fused-ring (bicyclic) bond motifs is 1. The standard InChI is InChI=1S/C16H24N6O4/c1-19-13-11(14(24)20(2)16(19)25)22(8-9-26-3)15(18-13)21-6-4-10(5-7-21)12(17)23/h10-11H,4-9H2,1-3H3,(H-,17,23)/p+1. The molecule has 2 fully saturated rings. The van der Waals surface area contributed by atoms with Crippen LogP contribution in [0.3, 0.4) is 0 Å². The van der Waals surface area contributed by atoms with E-state index in [1.807, 2.05) is 9.48 Å². The fraction of sp³-hybridized carbons (Fsp3) is 0.688. The highest BCUT2D eigenvalue weighted by molar-refractivity contribution is 6.25. The van der Waals surface area contributed by atoms with Crippen molar-refractivity contribution in [1.82, 2.24) is 14.7 Å². The van der Waals surface area contributed by atoms with Gasteiger partial charge in [0.25, 0.3) is 5.91 Å². The van der Waals surface area contributed by atoms with Crippen LogP contribution in [0.2, 0.25) is 0 Å². The molecule has 0 aromatic heterocycles. The number of amides is 4. The number of carbonyl (C=O) groups excluding carboxylic acids is 3. The summed E-state index contributed by atoms with van der Waals surface area (Å²) >= 11 is 0. The number of guanidine groups is 1. The van der Waals surface area contributed by atoms with Gasteiger partial charge < -0.3 is 10.5 Å². The number of rotatable bonds is 4. The lowest BCUT2D eigenvalue weighted by Crippen LogP contribution is -2.63. The fourth-order valence-electron chi connectivity index (χ4n) is 3.62. The third-order valence-corrected chi connectivity index (χ3v) is 5.23. The molecule has 0 aromatic rings. The largest absolute Gasteiger partial charge is 0.392 e. The minimum atomic E-state index is -0.637. The van der Waals surface area contributed by atoms with Crippen LogP contribution in [0.1, 0.15) is 12.8 Å². The summed E-state index contributed by atoms with van der Waals surface area (Å²) in [6.07, 6.45) is 1.30. The van der Waals surface area contributed by atoms with E-state index in [-0.39, 0.29) is 17.7 Å². The summed E-state index contributed by atoms with van der Waals surface area (Å²) < 4.78 is 7.23. The van der Waals surface area contributed by atoms with Gasteiger partial charge in [-0.25, -0.2) is 9.69 Å². The Bertz CT molecular complexity index is 693. The first-order chi connectivity index (χ1) is 12.4. The molecule has 3 aliphatic heterocycles. The molecule has 3 aliphatic rings. The minimum Gasteiger partial charge on any atom is -0.381 e. The Morgan fingerprint density at radius 2 is 1.92 bits per heavy atom. The summed E-state index contributed by atoms with van der Waals surface area (Å²) in [6, 6.07) is -1.04. The van der Waals surface area contributed by atoms with Gasteiger partial charge in [-0.1, -0.05) is 4.99 Å². The van der Waals surface area contributed by atoms with E-state index in [0.29, 0.717) is 50.9 Å². The number of hydrogen-bond donors (Lipinski definition) is 1. The van der Waals surface area contributed by atoms with Crippen molar-refractivity contribution in [3.05, 3.63) is 0 Å². The second kappa shape index (κ2) is 7.02. The highest BCUT2D eigenvalue weighted by atomic mass is 16.5. The molecule has 1 atom stereocenters. The molecule has 1 unspecified atom stereocenters. The molecule has 10 nitrogen and oxygen atoms in total. The molecule has 0 aliphatic carbocycles. The summed E-state index contributed by atoms with van der Waals surface area (Å²) in [4.78, 5) is 45.4. The smallest absolute Gasteiger partial charge is 0.381 e. The number of primary amides is 1. The summed E-state index contributed by atoms with van der Waals surface area (Å²) in [6.45, 7) is 2.14. The summed E-state index contributed by atoms with van der Waals surface area (Å²) in [7, 11) is 4.69. The molecule has 2 saturated heterocycles. The van der Waals surface area contributed by atoms with Gasteiger partial charge in [0.2, 0.25) is 17.8 Å². The molecule has 2 N–H and O–H groups in total. The second-order valence-corrected chi connectivity index (χ2v) is 6.76. The fourth-order valence-corrected chi connectivity index (χ4v) is 3.62. The van der Waals surface area contributed by atoms with Gasteiger partial charge in [0.1, 0.15) is 0 Å². The SMILES string of the molecule is COCCN1C(=[N+]2CCC(C(N)=O)CC2)N=C2C1C(=O)N(C)C(=O)N2C. The number of amidine groups is 1. The highest BCUT2D eigenvalue weighted by Gasteiger charge is 2.55. The van der Waals surface area contributed by atoms with Crippen molar-refractivity contribution in [2.45, 2.75) is 18.9 Å². The third-order valence-electron chi connectivity index (χ3n) is 5.23. The zero-order valence-corrected chi connectivity index (χ0v) is 15.3. The first-order valence-corrected chi connectivity index (χ1v) is 8.67. The molecule has 0 radical (unpaired) electrons. The lowest BCUT2D eigenvalue weighted by atomic mass is 9.97. The lowest BCUT2D eigenvalue weighted by molar-refractivity contribution is -0.545. The molecule has 142 valence electrons. The average Bonchev–Trinajstić information content (AvgIpc) is 3.02. The number of piperidine rings is 1. The molecular formula is C16H25N6O4+. The zero-order chi connectivity index (χ0) is 19.0. The van der Waals surface area contributed by atoms with Crippen LogP contribution >= 0.6 is 0 Å². The number of aliphatic imine (C=N–C) groups is 1. The van der Waals surface area contributed by atoms with E-state index in [1.54, 1.807) is 14.2 Å². The first-order valence-electron chi connectivity index (χ1n) is 8.67. The monoisotopic (exact) mass is 365 g/mol. The molecule has 4 amide bonds. The topological polar surface area (TPSA) is 112 Å². The van der Waals surface area contributed by atoms with Crippen molar-refractivity contribution in [2.24, 2.45) is 16.6 Å². The highest BCUT2D eigenvalue weighted by Crippen LogP contribution is 2.24. The van der Waals surface area contributed by atoms with Crippen LogP contribution in [-0.2, 0) is 14.3 Å². The number of likely N-dealkylation sites (N-methyl/N-ethyl adjacent to an activating group) is 2. The van der Waals surface area contributed by atoms with E-state index in [4.69, 9.17) is 10.5 Å². The Balaban J connectivity index is 1.95. The van der Waals surface area contributed by atoms with Crippen molar-refractivity contribution >= 4 is 29.6 Å².